The number of rotatable bonds is 6. The Balaban J connectivity index is 1.37. The number of methoxy groups -OCH3 is 1. The lowest BCUT2D eigenvalue weighted by Gasteiger charge is -2.40. The van der Waals surface area contributed by atoms with E-state index >= 15 is 4.39 Å². The summed E-state index contributed by atoms with van der Waals surface area (Å²) in [6.45, 7) is 1.23. The Bertz CT molecular complexity index is 1790. The molecule has 9 nitrogen and oxygen atoms in total. The molecule has 2 aromatic heterocycles. The number of carbonyl (C=O) groups excluding carboxylic acids is 1. The molecular formula is C30H26Cl2FN5O4. The molecule has 0 saturated carbocycles. The number of hydrogen-bond donors (Lipinski definition) is 2. The SMILES string of the molecule is COc1nc(-c2ccc(F)c(-c3cccc(NC(=O)c4ccnn(C)c4=O)c3Cl)c2Cl)cc2c1[C@@H](N1CC(O)C1)CC2. The van der Waals surface area contributed by atoms with Crippen LogP contribution >= 0.6 is 23.2 Å². The van der Waals surface area contributed by atoms with E-state index in [1.165, 1.54) is 25.4 Å². The molecule has 6 rings (SSSR count). The van der Waals surface area contributed by atoms with Gasteiger partial charge in [0.25, 0.3) is 11.5 Å². The molecule has 0 spiro atoms. The van der Waals surface area contributed by atoms with Crippen LogP contribution in [0.4, 0.5) is 10.1 Å². The number of anilines is 1. The van der Waals surface area contributed by atoms with Gasteiger partial charge in [0.2, 0.25) is 5.88 Å². The first-order chi connectivity index (χ1) is 20.2. The number of nitrogens with zero attached hydrogens (tertiary/aromatic N) is 4. The minimum absolute atomic E-state index is 0.0452. The monoisotopic (exact) mass is 609 g/mol. The number of ether oxygens (including phenoxy) is 1. The highest BCUT2D eigenvalue weighted by Crippen LogP contribution is 2.46. The number of aromatic nitrogens is 3. The Morgan fingerprint density at radius 2 is 1.93 bits per heavy atom. The van der Waals surface area contributed by atoms with Gasteiger partial charge in [0.1, 0.15) is 11.4 Å². The maximum absolute atomic E-state index is 15.4. The highest BCUT2D eigenvalue weighted by molar-refractivity contribution is 6.39. The van der Waals surface area contributed by atoms with Crippen molar-refractivity contribution in [1.29, 1.82) is 0 Å². The molecule has 2 aromatic carbocycles. The Kier molecular flexibility index (Phi) is 7.48. The van der Waals surface area contributed by atoms with Crippen molar-refractivity contribution in [2.45, 2.75) is 25.0 Å². The zero-order chi connectivity index (χ0) is 29.7. The first-order valence-electron chi connectivity index (χ1n) is 13.3. The molecule has 12 heteroatoms. The number of benzene rings is 2. The van der Waals surface area contributed by atoms with E-state index in [0.29, 0.717) is 30.2 Å². The van der Waals surface area contributed by atoms with E-state index in [1.54, 1.807) is 31.4 Å². The Labute approximate surface area is 250 Å². The van der Waals surface area contributed by atoms with E-state index in [-0.39, 0.29) is 44.6 Å². The maximum atomic E-state index is 15.4. The quantitative estimate of drug-likeness (QED) is 0.320. The zero-order valence-electron chi connectivity index (χ0n) is 22.7. The third-order valence-electron chi connectivity index (χ3n) is 7.79. The third-order valence-corrected chi connectivity index (χ3v) is 8.59. The number of aryl methyl sites for hydroxylation is 2. The van der Waals surface area contributed by atoms with Crippen molar-refractivity contribution in [3.8, 4) is 28.3 Å². The van der Waals surface area contributed by atoms with Crippen LogP contribution in [0.25, 0.3) is 22.4 Å². The molecule has 0 unspecified atom stereocenters. The summed E-state index contributed by atoms with van der Waals surface area (Å²) in [7, 11) is 3.00. The number of halogens is 3. The molecule has 0 radical (unpaired) electrons. The summed E-state index contributed by atoms with van der Waals surface area (Å²) in [4.78, 5) is 32.2. The maximum Gasteiger partial charge on any atom is 0.279 e. The molecule has 3 heterocycles. The van der Waals surface area contributed by atoms with Crippen LogP contribution in [0.3, 0.4) is 0 Å². The first-order valence-corrected chi connectivity index (χ1v) is 14.0. The Morgan fingerprint density at radius 1 is 1.14 bits per heavy atom. The molecule has 1 aliphatic carbocycles. The topological polar surface area (TPSA) is 110 Å². The van der Waals surface area contributed by atoms with Gasteiger partial charge < -0.3 is 15.2 Å². The highest BCUT2D eigenvalue weighted by atomic mass is 35.5. The summed E-state index contributed by atoms with van der Waals surface area (Å²) < 4.78 is 22.1. The molecule has 1 aliphatic heterocycles. The number of aliphatic hydroxyl groups excluding tert-OH is 1. The second-order valence-electron chi connectivity index (χ2n) is 10.3. The average Bonchev–Trinajstić information content (AvgIpc) is 3.37. The van der Waals surface area contributed by atoms with Crippen molar-refractivity contribution in [2.75, 3.05) is 25.5 Å². The number of fused-ring (bicyclic) bond motifs is 1. The van der Waals surface area contributed by atoms with E-state index in [1.807, 2.05) is 6.07 Å². The zero-order valence-corrected chi connectivity index (χ0v) is 24.2. The smallest absolute Gasteiger partial charge is 0.279 e. The predicted molar refractivity (Wildman–Crippen MR) is 158 cm³/mol. The van der Waals surface area contributed by atoms with Gasteiger partial charge in [-0.1, -0.05) is 35.3 Å². The number of carbonyl (C=O) groups is 1. The van der Waals surface area contributed by atoms with E-state index in [2.05, 4.69) is 15.3 Å². The van der Waals surface area contributed by atoms with E-state index in [0.717, 1.165) is 28.7 Å². The average molecular weight is 610 g/mol. The van der Waals surface area contributed by atoms with E-state index < -0.39 is 17.3 Å². The van der Waals surface area contributed by atoms with Gasteiger partial charge in [0, 0.05) is 54.6 Å². The largest absolute Gasteiger partial charge is 0.481 e. The molecule has 0 bridgehead atoms. The molecule has 1 amide bonds. The summed E-state index contributed by atoms with van der Waals surface area (Å²) in [6, 6.07) is 11.0. The second kappa shape index (κ2) is 11.1. The van der Waals surface area contributed by atoms with Crippen molar-refractivity contribution in [2.24, 2.45) is 7.05 Å². The lowest BCUT2D eigenvalue weighted by Crippen LogP contribution is -2.51. The lowest BCUT2D eigenvalue weighted by atomic mass is 9.98. The molecule has 4 aromatic rings. The van der Waals surface area contributed by atoms with Crippen LogP contribution in [0.2, 0.25) is 10.0 Å². The summed E-state index contributed by atoms with van der Waals surface area (Å²) in [5.41, 5.74) is 2.86. The standard InChI is InChI=1S/C30H26Cl2FN5O4/c1-37-30(41)19(10-11-34-37)28(40)35-21-5-3-4-18(26(21)31)25-20(33)8-7-17(27(25)32)22-12-15-6-9-23(38-13-16(39)14-38)24(15)29(36-22)42-2/h3-5,7-8,10-12,16,23,39H,6,9,13-14H2,1-2H3,(H,35,40)/t23-/m0/s1. The normalized spacial score (nSPS) is 16.7. The lowest BCUT2D eigenvalue weighted by molar-refractivity contribution is -0.0256. The number of pyridine rings is 1. The first kappa shape index (κ1) is 28.3. The molecule has 1 atom stereocenters. The number of likely N-dealkylation sites (tertiary alicyclic amines) is 1. The van der Waals surface area contributed by atoms with Crippen LogP contribution in [0.5, 0.6) is 5.88 Å². The summed E-state index contributed by atoms with van der Waals surface area (Å²) in [5.74, 6) is -0.821. The predicted octanol–water partition coefficient (Wildman–Crippen LogP) is 4.88. The molecule has 1 fully saturated rings. The second-order valence-corrected chi connectivity index (χ2v) is 11.1. The molecule has 42 heavy (non-hydrogen) atoms. The van der Waals surface area contributed by atoms with Gasteiger partial charge in [-0.3, -0.25) is 14.5 Å². The van der Waals surface area contributed by atoms with Gasteiger partial charge in [0.05, 0.1) is 34.6 Å². The number of nitrogens with one attached hydrogen (secondary N) is 1. The van der Waals surface area contributed by atoms with E-state index in [4.69, 9.17) is 32.9 Å². The van der Waals surface area contributed by atoms with Crippen LogP contribution in [0.15, 0.2) is 53.5 Å². The van der Waals surface area contributed by atoms with Crippen LogP contribution in [-0.2, 0) is 13.5 Å². The van der Waals surface area contributed by atoms with Crippen molar-refractivity contribution in [3.63, 3.8) is 0 Å². The van der Waals surface area contributed by atoms with Crippen LogP contribution in [0, 0.1) is 5.82 Å². The Morgan fingerprint density at radius 3 is 2.67 bits per heavy atom. The van der Waals surface area contributed by atoms with Gasteiger partial charge >= 0.3 is 0 Å². The van der Waals surface area contributed by atoms with Gasteiger partial charge in [-0.15, -0.1) is 0 Å². The molecule has 2 N–H and O–H groups in total. The van der Waals surface area contributed by atoms with Crippen LogP contribution in [-0.4, -0.2) is 57.0 Å². The van der Waals surface area contributed by atoms with Crippen LogP contribution in [0.1, 0.15) is 33.9 Å². The molecule has 1 saturated heterocycles. The number of aliphatic hydroxyl groups is 1. The van der Waals surface area contributed by atoms with Gasteiger partial charge in [0.15, 0.2) is 0 Å². The third kappa shape index (κ3) is 4.84. The fraction of sp³-hybridized carbons (Fsp3) is 0.267. The fourth-order valence-corrected chi connectivity index (χ4v) is 6.29. The fourth-order valence-electron chi connectivity index (χ4n) is 5.67. The highest BCUT2D eigenvalue weighted by Gasteiger charge is 2.38. The molecule has 2 aliphatic rings. The summed E-state index contributed by atoms with van der Waals surface area (Å²) >= 11 is 13.6. The summed E-state index contributed by atoms with van der Waals surface area (Å²) in [6.07, 6.45) is 2.71. The number of amides is 1. The molecular weight excluding hydrogens is 584 g/mol. The number of hydrogen-bond acceptors (Lipinski definition) is 7. The van der Waals surface area contributed by atoms with Crippen molar-refractivity contribution < 1.29 is 19.0 Å². The minimum Gasteiger partial charge on any atom is -0.481 e. The van der Waals surface area contributed by atoms with Gasteiger partial charge in [-0.2, -0.15) is 5.10 Å². The van der Waals surface area contributed by atoms with Crippen LogP contribution < -0.4 is 15.6 Å². The minimum atomic E-state index is -0.683. The van der Waals surface area contributed by atoms with Crippen molar-refractivity contribution >= 4 is 34.8 Å². The molecule has 216 valence electrons. The van der Waals surface area contributed by atoms with Crippen molar-refractivity contribution in [3.05, 3.63) is 91.6 Å². The number of β-amino-alcohol motifs (C(OH)–C–C–N with tert-alkyl or cyclic N) is 1. The van der Waals surface area contributed by atoms with Gasteiger partial charge in [-0.25, -0.2) is 14.1 Å². The van der Waals surface area contributed by atoms with Gasteiger partial charge in [-0.05, 0) is 48.7 Å². The summed E-state index contributed by atoms with van der Waals surface area (Å²) in [5, 5.41) is 16.4. The Hall–Kier alpha value is -3.83. The van der Waals surface area contributed by atoms with Crippen molar-refractivity contribution in [1.82, 2.24) is 19.7 Å². The van der Waals surface area contributed by atoms with E-state index in [9.17, 15) is 14.7 Å².